The average molecular weight is 584 g/mol. The first-order valence-corrected chi connectivity index (χ1v) is 15.3. The number of carbonyl (C=O) groups is 1. The van der Waals surface area contributed by atoms with Gasteiger partial charge in [-0.2, -0.15) is 13.2 Å². The number of rotatable bonds is 9. The summed E-state index contributed by atoms with van der Waals surface area (Å²) in [6.45, 7) is 7.69. The third-order valence-electron chi connectivity index (χ3n) is 8.64. The van der Waals surface area contributed by atoms with Crippen LogP contribution in [0, 0.1) is 5.92 Å². The van der Waals surface area contributed by atoms with Crippen molar-refractivity contribution >= 4 is 5.78 Å². The third-order valence-corrected chi connectivity index (χ3v) is 8.64. The van der Waals surface area contributed by atoms with Crippen molar-refractivity contribution in [3.05, 3.63) is 131 Å². The van der Waals surface area contributed by atoms with Gasteiger partial charge in [0.25, 0.3) is 0 Å². The van der Waals surface area contributed by atoms with Gasteiger partial charge in [-0.05, 0) is 90.1 Å². The van der Waals surface area contributed by atoms with Gasteiger partial charge in [0, 0.05) is 12.5 Å². The zero-order chi connectivity index (χ0) is 30.6. The molecule has 1 heterocycles. The molecule has 5 heteroatoms. The van der Waals surface area contributed by atoms with Crippen LogP contribution in [0.25, 0.3) is 11.1 Å². The highest BCUT2D eigenvalue weighted by atomic mass is 19.4. The number of Topliss-reactive ketones (excluding diaryl/α,β-unsaturated/α-hetero) is 1. The predicted octanol–water partition coefficient (Wildman–Crippen LogP) is 10.1. The van der Waals surface area contributed by atoms with Gasteiger partial charge in [-0.1, -0.05) is 105 Å². The number of halogens is 3. The van der Waals surface area contributed by atoms with Gasteiger partial charge in [-0.15, -0.1) is 0 Å². The monoisotopic (exact) mass is 583 g/mol. The standard InChI is InChI=1S/C38H40F3NO/c1-26(2)21-36(27(3)43)34-23-32(28-16-18-35(19-17-28)38(39,40)41)22-33(24-34)31-15-10-20-42(25-31)37(29-11-6-4-7-12-29)30-13-8-5-9-14-30/h4-9,11-14,16-19,22-24,26,31,36-37H,10,15,20-21,25H2,1-3H3. The summed E-state index contributed by atoms with van der Waals surface area (Å²) in [5, 5.41) is 0. The van der Waals surface area contributed by atoms with E-state index in [1.165, 1.54) is 11.1 Å². The van der Waals surface area contributed by atoms with Crippen LogP contribution in [0.2, 0.25) is 0 Å². The number of carbonyl (C=O) groups excluding carboxylic acids is 1. The van der Waals surface area contributed by atoms with E-state index >= 15 is 0 Å². The van der Waals surface area contributed by atoms with Crippen molar-refractivity contribution in [1.82, 2.24) is 4.90 Å². The van der Waals surface area contributed by atoms with Crippen molar-refractivity contribution in [1.29, 1.82) is 0 Å². The highest BCUT2D eigenvalue weighted by Crippen LogP contribution is 2.39. The Balaban J connectivity index is 1.55. The van der Waals surface area contributed by atoms with Crippen molar-refractivity contribution in [2.24, 2.45) is 5.92 Å². The summed E-state index contributed by atoms with van der Waals surface area (Å²) in [5.41, 5.74) is 5.52. The first kappa shape index (κ1) is 30.7. The smallest absolute Gasteiger partial charge is 0.299 e. The third kappa shape index (κ3) is 7.45. The lowest BCUT2D eigenvalue weighted by atomic mass is 9.81. The summed E-state index contributed by atoms with van der Waals surface area (Å²) in [5.74, 6) is 0.412. The quantitative estimate of drug-likeness (QED) is 0.195. The van der Waals surface area contributed by atoms with E-state index < -0.39 is 11.7 Å². The van der Waals surface area contributed by atoms with Gasteiger partial charge in [0.05, 0.1) is 11.6 Å². The van der Waals surface area contributed by atoms with Crippen LogP contribution < -0.4 is 0 Å². The number of ketones is 1. The molecule has 2 unspecified atom stereocenters. The van der Waals surface area contributed by atoms with Crippen LogP contribution in [-0.2, 0) is 11.0 Å². The van der Waals surface area contributed by atoms with Gasteiger partial charge in [0.1, 0.15) is 5.78 Å². The molecule has 0 aliphatic carbocycles. The van der Waals surface area contributed by atoms with E-state index in [0.29, 0.717) is 5.92 Å². The molecule has 4 aromatic rings. The number of hydrogen-bond donors (Lipinski definition) is 0. The number of alkyl halides is 3. The Morgan fingerprint density at radius 2 is 1.42 bits per heavy atom. The lowest BCUT2D eigenvalue weighted by Crippen LogP contribution is -2.38. The van der Waals surface area contributed by atoms with Crippen LogP contribution in [0.3, 0.4) is 0 Å². The second kappa shape index (κ2) is 13.3. The number of nitrogens with zero attached hydrogens (tertiary/aromatic N) is 1. The van der Waals surface area contributed by atoms with Gasteiger partial charge < -0.3 is 0 Å². The number of benzene rings is 4. The minimum Gasteiger partial charge on any atom is -0.299 e. The topological polar surface area (TPSA) is 20.3 Å². The Morgan fingerprint density at radius 1 is 0.814 bits per heavy atom. The first-order chi connectivity index (χ1) is 20.6. The summed E-state index contributed by atoms with van der Waals surface area (Å²) < 4.78 is 39.9. The van der Waals surface area contributed by atoms with E-state index in [9.17, 15) is 18.0 Å². The lowest BCUT2D eigenvalue weighted by molar-refractivity contribution is -0.137. The number of likely N-dealkylation sites (tertiary alicyclic amines) is 1. The van der Waals surface area contributed by atoms with Crippen molar-refractivity contribution in [3.63, 3.8) is 0 Å². The van der Waals surface area contributed by atoms with Crippen LogP contribution >= 0.6 is 0 Å². The Labute approximate surface area is 253 Å². The molecule has 2 atom stereocenters. The Kier molecular flexibility index (Phi) is 9.51. The molecule has 0 saturated carbocycles. The van der Waals surface area contributed by atoms with E-state index in [1.54, 1.807) is 19.1 Å². The normalized spacial score (nSPS) is 16.9. The van der Waals surface area contributed by atoms with Crippen LogP contribution in [0.1, 0.15) is 85.7 Å². The van der Waals surface area contributed by atoms with Crippen LogP contribution in [0.4, 0.5) is 13.2 Å². The summed E-state index contributed by atoms with van der Waals surface area (Å²) in [4.78, 5) is 15.4. The Bertz CT molecular complexity index is 1460. The molecular formula is C38H40F3NO. The summed E-state index contributed by atoms with van der Waals surface area (Å²) >= 11 is 0. The van der Waals surface area contributed by atoms with Crippen LogP contribution in [-0.4, -0.2) is 23.8 Å². The number of hydrogen-bond acceptors (Lipinski definition) is 2. The minimum absolute atomic E-state index is 0.114. The largest absolute Gasteiger partial charge is 0.416 e. The molecule has 1 aliphatic heterocycles. The molecule has 0 N–H and O–H groups in total. The zero-order valence-electron chi connectivity index (χ0n) is 25.1. The molecule has 2 nitrogen and oxygen atoms in total. The minimum atomic E-state index is -4.39. The van der Waals surface area contributed by atoms with Gasteiger partial charge in [-0.3, -0.25) is 9.69 Å². The molecule has 1 fully saturated rings. The van der Waals surface area contributed by atoms with E-state index in [4.69, 9.17) is 0 Å². The predicted molar refractivity (Wildman–Crippen MR) is 168 cm³/mol. The fraction of sp³-hybridized carbons (Fsp3) is 0.342. The molecule has 4 aromatic carbocycles. The van der Waals surface area contributed by atoms with Gasteiger partial charge in [-0.25, -0.2) is 0 Å². The van der Waals surface area contributed by atoms with Gasteiger partial charge in [0.2, 0.25) is 0 Å². The molecule has 43 heavy (non-hydrogen) atoms. The second-order valence-corrected chi connectivity index (χ2v) is 12.3. The highest BCUT2D eigenvalue weighted by Gasteiger charge is 2.31. The lowest BCUT2D eigenvalue weighted by Gasteiger charge is -2.39. The molecule has 0 bridgehead atoms. The molecular weight excluding hydrogens is 543 g/mol. The van der Waals surface area contributed by atoms with Crippen molar-refractivity contribution in [2.75, 3.05) is 13.1 Å². The van der Waals surface area contributed by atoms with E-state index in [0.717, 1.165) is 66.7 Å². The fourth-order valence-electron chi connectivity index (χ4n) is 6.54. The number of piperidine rings is 1. The fourth-order valence-corrected chi connectivity index (χ4v) is 6.54. The molecule has 0 radical (unpaired) electrons. The molecule has 1 saturated heterocycles. The van der Waals surface area contributed by atoms with E-state index in [-0.39, 0.29) is 23.7 Å². The van der Waals surface area contributed by atoms with Crippen molar-refractivity contribution in [2.45, 2.75) is 64.1 Å². The Hall–Kier alpha value is -3.70. The first-order valence-electron chi connectivity index (χ1n) is 15.3. The van der Waals surface area contributed by atoms with E-state index in [1.807, 2.05) is 18.2 Å². The molecule has 0 aromatic heterocycles. The van der Waals surface area contributed by atoms with E-state index in [2.05, 4.69) is 79.4 Å². The summed E-state index contributed by atoms with van der Waals surface area (Å²) in [6, 6.07) is 33.0. The maximum Gasteiger partial charge on any atom is 0.416 e. The molecule has 5 rings (SSSR count). The molecule has 0 spiro atoms. The van der Waals surface area contributed by atoms with Crippen LogP contribution in [0.15, 0.2) is 103 Å². The Morgan fingerprint density at radius 3 is 1.95 bits per heavy atom. The maximum absolute atomic E-state index is 13.3. The maximum atomic E-state index is 13.3. The second-order valence-electron chi connectivity index (χ2n) is 12.3. The summed E-state index contributed by atoms with van der Waals surface area (Å²) in [7, 11) is 0. The van der Waals surface area contributed by atoms with Crippen molar-refractivity contribution in [3.8, 4) is 11.1 Å². The molecule has 224 valence electrons. The van der Waals surface area contributed by atoms with Gasteiger partial charge >= 0.3 is 6.18 Å². The van der Waals surface area contributed by atoms with Crippen molar-refractivity contribution < 1.29 is 18.0 Å². The molecule has 0 amide bonds. The average Bonchev–Trinajstić information content (AvgIpc) is 3.00. The van der Waals surface area contributed by atoms with Crippen LogP contribution in [0.5, 0.6) is 0 Å². The zero-order valence-corrected chi connectivity index (χ0v) is 25.1. The SMILES string of the molecule is CC(=O)C(CC(C)C)c1cc(-c2ccc(C(F)(F)F)cc2)cc(C2CCCN(C(c3ccccc3)c3ccccc3)C2)c1. The summed E-state index contributed by atoms with van der Waals surface area (Å²) in [6.07, 6.45) is -1.62. The molecule has 1 aliphatic rings. The van der Waals surface area contributed by atoms with Gasteiger partial charge in [0.15, 0.2) is 0 Å². The highest BCUT2D eigenvalue weighted by molar-refractivity contribution is 5.84.